The van der Waals surface area contributed by atoms with E-state index < -0.39 is 0 Å². The molecule has 3 nitrogen and oxygen atoms in total. The average Bonchev–Trinajstić information content (AvgIpc) is 2.33. The first-order valence-electron chi connectivity index (χ1n) is 4.82. The first-order valence-corrected chi connectivity index (χ1v) is 4.82. The fourth-order valence-electron chi connectivity index (χ4n) is 1.65. The fraction of sp³-hybridized carbons (Fsp3) is 0.700. The van der Waals surface area contributed by atoms with Crippen LogP contribution in [0.25, 0.3) is 0 Å². The molecule has 0 saturated carbocycles. The van der Waals surface area contributed by atoms with Crippen molar-refractivity contribution in [1.82, 2.24) is 9.78 Å². The third kappa shape index (κ3) is 3.59. The highest BCUT2D eigenvalue weighted by atomic mass is 15.2. The van der Waals surface area contributed by atoms with E-state index >= 15 is 0 Å². The Balaban J connectivity index is 2.40. The van der Waals surface area contributed by atoms with Crippen LogP contribution in [0.15, 0.2) is 12.3 Å². The number of hydrogen-bond acceptors (Lipinski definition) is 2. The molecule has 0 saturated heterocycles. The number of rotatable bonds is 4. The van der Waals surface area contributed by atoms with Gasteiger partial charge in [-0.1, -0.05) is 6.92 Å². The predicted octanol–water partition coefficient (Wildman–Crippen LogP) is 1.34. The summed E-state index contributed by atoms with van der Waals surface area (Å²) in [5, 5.41) is 4.33. The molecule has 1 aromatic rings. The van der Waals surface area contributed by atoms with Crippen molar-refractivity contribution in [2.75, 3.05) is 0 Å². The quantitative estimate of drug-likeness (QED) is 0.761. The third-order valence-corrected chi connectivity index (χ3v) is 2.10. The van der Waals surface area contributed by atoms with Crippen LogP contribution in [-0.2, 0) is 13.5 Å². The van der Waals surface area contributed by atoms with Crippen LogP contribution in [0, 0.1) is 5.92 Å². The molecular weight excluding hydrogens is 162 g/mol. The maximum atomic E-state index is 5.73. The van der Waals surface area contributed by atoms with Gasteiger partial charge in [0.05, 0.1) is 5.69 Å². The summed E-state index contributed by atoms with van der Waals surface area (Å²) in [5.41, 5.74) is 6.89. The van der Waals surface area contributed by atoms with Gasteiger partial charge in [0.25, 0.3) is 0 Å². The van der Waals surface area contributed by atoms with E-state index in [-0.39, 0.29) is 0 Å². The van der Waals surface area contributed by atoms with Gasteiger partial charge in [-0.2, -0.15) is 5.10 Å². The zero-order valence-corrected chi connectivity index (χ0v) is 8.70. The van der Waals surface area contributed by atoms with Gasteiger partial charge in [-0.25, -0.2) is 0 Å². The van der Waals surface area contributed by atoms with Crippen molar-refractivity contribution < 1.29 is 0 Å². The Kier molecular flexibility index (Phi) is 3.48. The minimum absolute atomic E-state index is 0.290. The van der Waals surface area contributed by atoms with Crippen molar-refractivity contribution in [2.24, 2.45) is 18.7 Å². The van der Waals surface area contributed by atoms with Gasteiger partial charge >= 0.3 is 0 Å². The van der Waals surface area contributed by atoms with Gasteiger partial charge < -0.3 is 5.73 Å². The molecule has 1 rings (SSSR count). The van der Waals surface area contributed by atoms with Crippen LogP contribution in [0.5, 0.6) is 0 Å². The van der Waals surface area contributed by atoms with Gasteiger partial charge in [-0.15, -0.1) is 0 Å². The maximum absolute atomic E-state index is 5.73. The summed E-state index contributed by atoms with van der Waals surface area (Å²) in [4.78, 5) is 0. The van der Waals surface area contributed by atoms with Gasteiger partial charge in [0.2, 0.25) is 0 Å². The Morgan fingerprint density at radius 1 is 1.54 bits per heavy atom. The molecule has 0 aliphatic heterocycles. The van der Waals surface area contributed by atoms with Gasteiger partial charge in [0, 0.05) is 19.3 Å². The van der Waals surface area contributed by atoms with Crippen LogP contribution in [0.2, 0.25) is 0 Å². The molecule has 0 bridgehead atoms. The van der Waals surface area contributed by atoms with Gasteiger partial charge in [-0.05, 0) is 31.7 Å². The number of hydrogen-bond donors (Lipinski definition) is 1. The Labute approximate surface area is 79.9 Å². The lowest BCUT2D eigenvalue weighted by Crippen LogP contribution is -2.19. The molecule has 0 fully saturated rings. The molecule has 1 aromatic heterocycles. The molecule has 0 spiro atoms. The highest BCUT2D eigenvalue weighted by Gasteiger charge is 2.07. The van der Waals surface area contributed by atoms with Crippen LogP contribution in [0.3, 0.4) is 0 Å². The molecule has 13 heavy (non-hydrogen) atoms. The van der Waals surface area contributed by atoms with Crippen molar-refractivity contribution in [3.05, 3.63) is 18.0 Å². The minimum Gasteiger partial charge on any atom is -0.328 e. The van der Waals surface area contributed by atoms with E-state index in [1.165, 1.54) is 0 Å². The van der Waals surface area contributed by atoms with Crippen LogP contribution in [0.4, 0.5) is 0 Å². The number of nitrogens with two attached hydrogens (primary N) is 1. The Morgan fingerprint density at radius 2 is 2.23 bits per heavy atom. The molecule has 3 heteroatoms. The minimum atomic E-state index is 0.290. The normalized spacial score (nSPS) is 15.7. The van der Waals surface area contributed by atoms with E-state index in [1.54, 1.807) is 0 Å². The molecule has 2 atom stereocenters. The maximum Gasteiger partial charge on any atom is 0.0627 e. The second kappa shape index (κ2) is 4.42. The predicted molar refractivity (Wildman–Crippen MR) is 54.3 cm³/mol. The van der Waals surface area contributed by atoms with Crippen LogP contribution >= 0.6 is 0 Å². The van der Waals surface area contributed by atoms with E-state index in [0.29, 0.717) is 12.0 Å². The second-order valence-corrected chi connectivity index (χ2v) is 4.00. The summed E-state index contributed by atoms with van der Waals surface area (Å²) in [6.07, 6.45) is 4.08. The molecule has 1 heterocycles. The Hall–Kier alpha value is -0.830. The highest BCUT2D eigenvalue weighted by molar-refractivity contribution is 4.99. The standard InChI is InChI=1S/C10H19N3/c1-8(6-9(2)11)7-10-4-5-13(3)12-10/h4-5,8-9H,6-7,11H2,1-3H3. The van der Waals surface area contributed by atoms with Crippen LogP contribution in [0.1, 0.15) is 26.0 Å². The molecule has 0 aliphatic carbocycles. The summed E-state index contributed by atoms with van der Waals surface area (Å²) in [6, 6.07) is 2.36. The fourth-order valence-corrected chi connectivity index (χ4v) is 1.65. The van der Waals surface area contributed by atoms with E-state index in [1.807, 2.05) is 17.9 Å². The summed E-state index contributed by atoms with van der Waals surface area (Å²) in [7, 11) is 1.94. The van der Waals surface area contributed by atoms with Crippen molar-refractivity contribution in [2.45, 2.75) is 32.7 Å². The van der Waals surface area contributed by atoms with E-state index in [9.17, 15) is 0 Å². The SMILES string of the molecule is CC(N)CC(C)Cc1ccn(C)n1. The van der Waals surface area contributed by atoms with Crippen LogP contribution < -0.4 is 5.73 Å². The Morgan fingerprint density at radius 3 is 2.69 bits per heavy atom. The zero-order chi connectivity index (χ0) is 9.84. The number of nitrogens with zero attached hydrogens (tertiary/aromatic N) is 2. The van der Waals surface area contributed by atoms with Gasteiger partial charge in [-0.3, -0.25) is 4.68 Å². The number of aryl methyl sites for hydroxylation is 1. The van der Waals surface area contributed by atoms with Crippen LogP contribution in [-0.4, -0.2) is 15.8 Å². The smallest absolute Gasteiger partial charge is 0.0627 e. The summed E-state index contributed by atoms with van der Waals surface area (Å²) in [5.74, 6) is 0.620. The first-order chi connectivity index (χ1) is 6.08. The largest absolute Gasteiger partial charge is 0.328 e. The molecule has 2 N–H and O–H groups in total. The summed E-state index contributed by atoms with van der Waals surface area (Å²) in [6.45, 7) is 4.27. The van der Waals surface area contributed by atoms with Crippen molar-refractivity contribution in [3.63, 3.8) is 0 Å². The molecule has 74 valence electrons. The zero-order valence-electron chi connectivity index (χ0n) is 8.70. The lowest BCUT2D eigenvalue weighted by Gasteiger charge is -2.11. The number of aromatic nitrogens is 2. The van der Waals surface area contributed by atoms with Gasteiger partial charge in [0.1, 0.15) is 0 Å². The Bertz CT molecular complexity index is 252. The van der Waals surface area contributed by atoms with E-state index in [0.717, 1.165) is 18.5 Å². The van der Waals surface area contributed by atoms with E-state index in [4.69, 9.17) is 5.73 Å². The molecular formula is C10H19N3. The van der Waals surface area contributed by atoms with Gasteiger partial charge in [0.15, 0.2) is 0 Å². The molecule has 2 unspecified atom stereocenters. The lowest BCUT2D eigenvalue weighted by atomic mass is 9.98. The first kappa shape index (κ1) is 10.3. The molecule has 0 amide bonds. The highest BCUT2D eigenvalue weighted by Crippen LogP contribution is 2.10. The van der Waals surface area contributed by atoms with Crippen molar-refractivity contribution in [3.8, 4) is 0 Å². The molecule has 0 aromatic carbocycles. The van der Waals surface area contributed by atoms with Crippen molar-refractivity contribution in [1.29, 1.82) is 0 Å². The topological polar surface area (TPSA) is 43.8 Å². The second-order valence-electron chi connectivity index (χ2n) is 4.00. The molecule has 0 aliphatic rings. The lowest BCUT2D eigenvalue weighted by molar-refractivity contribution is 0.473. The summed E-state index contributed by atoms with van der Waals surface area (Å²) >= 11 is 0. The molecule has 0 radical (unpaired) electrons. The monoisotopic (exact) mass is 181 g/mol. The average molecular weight is 181 g/mol. The third-order valence-electron chi connectivity index (χ3n) is 2.10. The van der Waals surface area contributed by atoms with E-state index in [2.05, 4.69) is 25.0 Å². The van der Waals surface area contributed by atoms with Crippen molar-refractivity contribution >= 4 is 0 Å². The summed E-state index contributed by atoms with van der Waals surface area (Å²) < 4.78 is 1.84.